The topological polar surface area (TPSA) is 61.4 Å². The van der Waals surface area contributed by atoms with Crippen LogP contribution in [-0.4, -0.2) is 46.8 Å². The summed E-state index contributed by atoms with van der Waals surface area (Å²) in [6, 6.07) is 21.2. The van der Waals surface area contributed by atoms with Gasteiger partial charge >= 0.3 is 6.03 Å². The van der Waals surface area contributed by atoms with Gasteiger partial charge in [-0.1, -0.05) is 35.9 Å². The third kappa shape index (κ3) is 4.39. The van der Waals surface area contributed by atoms with Crippen molar-refractivity contribution < 1.29 is 9.18 Å². The summed E-state index contributed by atoms with van der Waals surface area (Å²) in [7, 11) is 0. The molecule has 1 fully saturated rings. The normalized spacial score (nSPS) is 16.0. The van der Waals surface area contributed by atoms with Crippen molar-refractivity contribution in [3.05, 3.63) is 83.6 Å². The molecule has 1 aliphatic rings. The molecule has 3 aromatic carbocycles. The predicted molar refractivity (Wildman–Crippen MR) is 134 cm³/mol. The van der Waals surface area contributed by atoms with Crippen LogP contribution in [-0.2, 0) is 0 Å². The molecule has 1 atom stereocenters. The minimum atomic E-state index is -0.288. The van der Waals surface area contributed by atoms with Gasteiger partial charge in [-0.2, -0.15) is 0 Å². The van der Waals surface area contributed by atoms with Crippen molar-refractivity contribution in [2.24, 2.45) is 0 Å². The van der Waals surface area contributed by atoms with Crippen LogP contribution >= 0.6 is 11.6 Å². The Labute approximate surface area is 202 Å². The first kappa shape index (κ1) is 22.1. The monoisotopic (exact) mass is 475 g/mol. The average molecular weight is 476 g/mol. The molecule has 0 unspecified atom stereocenters. The Kier molecular flexibility index (Phi) is 6.02. The second kappa shape index (κ2) is 9.27. The molecule has 2 amide bonds. The van der Waals surface area contributed by atoms with E-state index in [1.807, 2.05) is 24.3 Å². The van der Waals surface area contributed by atoms with Crippen molar-refractivity contribution in [3.63, 3.8) is 0 Å². The van der Waals surface area contributed by atoms with E-state index < -0.39 is 0 Å². The van der Waals surface area contributed by atoms with E-state index in [-0.39, 0.29) is 17.9 Å². The van der Waals surface area contributed by atoms with Crippen LogP contribution in [0.15, 0.2) is 72.8 Å². The summed E-state index contributed by atoms with van der Waals surface area (Å²) >= 11 is 5.93. The van der Waals surface area contributed by atoms with Crippen LogP contribution in [0.1, 0.15) is 6.92 Å². The molecule has 1 aliphatic heterocycles. The van der Waals surface area contributed by atoms with Crippen LogP contribution in [0.2, 0.25) is 5.02 Å². The van der Waals surface area contributed by atoms with Crippen LogP contribution < -0.4 is 10.2 Å². The zero-order valence-electron chi connectivity index (χ0n) is 18.6. The van der Waals surface area contributed by atoms with E-state index in [1.54, 1.807) is 41.3 Å². The lowest BCUT2D eigenvalue weighted by atomic mass is 10.0. The highest BCUT2D eigenvalue weighted by atomic mass is 35.5. The number of carbonyl (C=O) groups is 1. The first-order valence-electron chi connectivity index (χ1n) is 11.1. The molecule has 5 rings (SSSR count). The maximum absolute atomic E-state index is 13.4. The van der Waals surface area contributed by atoms with Crippen molar-refractivity contribution in [3.8, 4) is 11.3 Å². The van der Waals surface area contributed by atoms with E-state index in [0.717, 1.165) is 22.2 Å². The van der Waals surface area contributed by atoms with Crippen molar-refractivity contribution in [1.82, 2.24) is 15.1 Å². The number of halogens is 2. The SMILES string of the molecule is C[C@H]1CN(C(=O)Nc2ccc(Cl)cc2)CCN1c1nnc(-c2ccc(F)cc2)c2ccccc12. The molecule has 8 heteroatoms. The van der Waals surface area contributed by atoms with E-state index in [9.17, 15) is 9.18 Å². The molecule has 0 bridgehead atoms. The van der Waals surface area contributed by atoms with Gasteiger partial charge in [-0.3, -0.25) is 0 Å². The fraction of sp³-hybridized carbons (Fsp3) is 0.192. The lowest BCUT2D eigenvalue weighted by Crippen LogP contribution is -2.55. The van der Waals surface area contributed by atoms with E-state index in [4.69, 9.17) is 11.6 Å². The Morgan fingerprint density at radius 2 is 1.68 bits per heavy atom. The Morgan fingerprint density at radius 1 is 0.971 bits per heavy atom. The quantitative estimate of drug-likeness (QED) is 0.405. The molecule has 0 radical (unpaired) electrons. The zero-order chi connectivity index (χ0) is 23.7. The third-order valence-electron chi connectivity index (χ3n) is 6.07. The number of rotatable bonds is 3. The largest absolute Gasteiger partial charge is 0.348 e. The molecule has 34 heavy (non-hydrogen) atoms. The number of piperazine rings is 1. The molecule has 0 spiro atoms. The van der Waals surface area contributed by atoms with Crippen molar-refractivity contribution in [2.75, 3.05) is 29.9 Å². The van der Waals surface area contributed by atoms with E-state index in [2.05, 4.69) is 27.3 Å². The fourth-order valence-electron chi connectivity index (χ4n) is 4.32. The number of aromatic nitrogens is 2. The summed E-state index contributed by atoms with van der Waals surface area (Å²) in [4.78, 5) is 16.8. The summed E-state index contributed by atoms with van der Waals surface area (Å²) in [6.07, 6.45) is 0. The first-order chi connectivity index (χ1) is 16.5. The highest BCUT2D eigenvalue weighted by Crippen LogP contribution is 2.33. The van der Waals surface area contributed by atoms with Gasteiger partial charge in [-0.25, -0.2) is 9.18 Å². The molecule has 6 nitrogen and oxygen atoms in total. The molecule has 1 N–H and O–H groups in total. The predicted octanol–water partition coefficient (Wildman–Crippen LogP) is 5.83. The molecular weight excluding hydrogens is 453 g/mol. The number of hydrogen-bond donors (Lipinski definition) is 1. The molecular formula is C26H23ClFN5O. The number of nitrogens with zero attached hydrogens (tertiary/aromatic N) is 4. The molecule has 4 aromatic rings. The highest BCUT2D eigenvalue weighted by molar-refractivity contribution is 6.30. The summed E-state index contributed by atoms with van der Waals surface area (Å²) in [5.41, 5.74) is 2.24. The Bertz CT molecular complexity index is 1330. The van der Waals surface area contributed by atoms with Gasteiger partial charge in [0.05, 0.1) is 0 Å². The minimum Gasteiger partial charge on any atom is -0.348 e. The first-order valence-corrected chi connectivity index (χ1v) is 11.5. The van der Waals surface area contributed by atoms with Gasteiger partial charge in [0, 0.05) is 52.7 Å². The van der Waals surface area contributed by atoms with Gasteiger partial charge in [0.2, 0.25) is 0 Å². The number of fused-ring (bicyclic) bond motifs is 1. The van der Waals surface area contributed by atoms with Crippen molar-refractivity contribution >= 4 is 39.9 Å². The highest BCUT2D eigenvalue weighted by Gasteiger charge is 2.29. The van der Waals surface area contributed by atoms with Crippen LogP contribution in [0.4, 0.5) is 20.7 Å². The summed E-state index contributed by atoms with van der Waals surface area (Å²) in [5.74, 6) is 0.496. The van der Waals surface area contributed by atoms with Gasteiger partial charge in [0.15, 0.2) is 5.82 Å². The molecule has 0 aliphatic carbocycles. The number of anilines is 2. The van der Waals surface area contributed by atoms with Gasteiger partial charge < -0.3 is 15.1 Å². The van der Waals surface area contributed by atoms with E-state index in [0.29, 0.717) is 36.0 Å². The van der Waals surface area contributed by atoms with Gasteiger partial charge in [-0.15, -0.1) is 10.2 Å². The molecule has 172 valence electrons. The molecule has 1 saturated heterocycles. The Morgan fingerprint density at radius 3 is 2.38 bits per heavy atom. The van der Waals surface area contributed by atoms with E-state index in [1.165, 1.54) is 12.1 Å². The van der Waals surface area contributed by atoms with Crippen LogP contribution in [0.3, 0.4) is 0 Å². The lowest BCUT2D eigenvalue weighted by molar-refractivity contribution is 0.200. The molecule has 1 aromatic heterocycles. The van der Waals surface area contributed by atoms with Gasteiger partial charge in [0.25, 0.3) is 0 Å². The number of urea groups is 1. The van der Waals surface area contributed by atoms with Crippen molar-refractivity contribution in [2.45, 2.75) is 13.0 Å². The number of carbonyl (C=O) groups excluding carboxylic acids is 1. The number of nitrogens with one attached hydrogen (secondary N) is 1. The number of amides is 2. The standard InChI is InChI=1S/C26H23ClFN5O/c1-17-16-32(26(34)29-21-12-8-19(27)9-13-21)14-15-33(17)25-23-5-3-2-4-22(23)24(30-31-25)18-6-10-20(28)11-7-18/h2-13,17H,14-16H2,1H3,(H,29,34)/t17-/m0/s1. The lowest BCUT2D eigenvalue weighted by Gasteiger charge is -2.40. The fourth-order valence-corrected chi connectivity index (χ4v) is 4.44. The Hall–Kier alpha value is -3.71. The van der Waals surface area contributed by atoms with Crippen LogP contribution in [0, 0.1) is 5.82 Å². The van der Waals surface area contributed by atoms with Gasteiger partial charge in [-0.05, 0) is 55.5 Å². The van der Waals surface area contributed by atoms with Crippen LogP contribution in [0.5, 0.6) is 0 Å². The minimum absolute atomic E-state index is 0.0408. The van der Waals surface area contributed by atoms with Gasteiger partial charge in [0.1, 0.15) is 11.5 Å². The molecule has 2 heterocycles. The second-order valence-corrected chi connectivity index (χ2v) is 8.79. The summed E-state index contributed by atoms with van der Waals surface area (Å²) < 4.78 is 13.4. The van der Waals surface area contributed by atoms with Crippen LogP contribution in [0.25, 0.3) is 22.0 Å². The average Bonchev–Trinajstić information content (AvgIpc) is 2.85. The summed E-state index contributed by atoms with van der Waals surface area (Å²) in [6.45, 7) is 3.81. The Balaban J connectivity index is 1.37. The van der Waals surface area contributed by atoms with Crippen molar-refractivity contribution in [1.29, 1.82) is 0 Å². The maximum Gasteiger partial charge on any atom is 0.321 e. The molecule has 0 saturated carbocycles. The number of benzene rings is 3. The maximum atomic E-state index is 13.4. The third-order valence-corrected chi connectivity index (χ3v) is 6.32. The zero-order valence-corrected chi connectivity index (χ0v) is 19.3. The number of hydrogen-bond acceptors (Lipinski definition) is 4. The summed E-state index contributed by atoms with van der Waals surface area (Å²) in [5, 5.41) is 14.6. The second-order valence-electron chi connectivity index (χ2n) is 8.35. The smallest absolute Gasteiger partial charge is 0.321 e. The van der Waals surface area contributed by atoms with E-state index >= 15 is 0 Å².